The average molecular weight is 431 g/mol. The van der Waals surface area contributed by atoms with Gasteiger partial charge in [-0.15, -0.1) is 0 Å². The minimum absolute atomic E-state index is 0.0460. The quantitative estimate of drug-likeness (QED) is 0.643. The molecular weight excluding hydrogens is 411 g/mol. The number of nitrogens with zero attached hydrogens (tertiary/aromatic N) is 3. The highest BCUT2D eigenvalue weighted by molar-refractivity contribution is 5.92. The lowest BCUT2D eigenvalue weighted by Gasteiger charge is -2.28. The van der Waals surface area contributed by atoms with Gasteiger partial charge in [0.2, 0.25) is 0 Å². The van der Waals surface area contributed by atoms with Gasteiger partial charge in [-0.3, -0.25) is 9.59 Å². The Morgan fingerprint density at radius 3 is 2.29 bits per heavy atom. The van der Waals surface area contributed by atoms with E-state index in [0.717, 1.165) is 19.9 Å². The molecule has 7 nitrogen and oxygen atoms in total. The van der Waals surface area contributed by atoms with Gasteiger partial charge in [0, 0.05) is 18.5 Å². The standard InChI is InChI=1S/C21H20F3N5O2/c1-12(13-5-7-14(8-6-13)20(2,3)21(22,23)24)27-19(31)15-11-16(30)29-18(28-15)17-25-9-4-10-26-17/h4-12H,1-3H3,(H,27,31)(H,28,29,30). The van der Waals surface area contributed by atoms with Crippen molar-refractivity contribution in [1.82, 2.24) is 25.3 Å². The molecule has 0 bridgehead atoms. The topological polar surface area (TPSA) is 101 Å². The summed E-state index contributed by atoms with van der Waals surface area (Å²) in [6.45, 7) is 3.90. The molecule has 10 heteroatoms. The molecule has 0 saturated heterocycles. The maximum Gasteiger partial charge on any atom is 0.397 e. The van der Waals surface area contributed by atoms with Crippen molar-refractivity contribution in [2.45, 2.75) is 38.4 Å². The van der Waals surface area contributed by atoms with E-state index in [1.165, 1.54) is 36.7 Å². The van der Waals surface area contributed by atoms with Crippen LogP contribution in [0.4, 0.5) is 13.2 Å². The molecule has 2 aromatic heterocycles. The summed E-state index contributed by atoms with van der Waals surface area (Å²) in [5.41, 5.74) is -1.96. The second kappa shape index (κ2) is 8.29. The Morgan fingerprint density at radius 1 is 1.10 bits per heavy atom. The van der Waals surface area contributed by atoms with E-state index >= 15 is 0 Å². The van der Waals surface area contributed by atoms with Crippen molar-refractivity contribution in [3.8, 4) is 11.6 Å². The van der Waals surface area contributed by atoms with Gasteiger partial charge < -0.3 is 10.3 Å². The van der Waals surface area contributed by atoms with E-state index in [0.29, 0.717) is 5.56 Å². The number of carbonyl (C=O) groups excluding carboxylic acids is 1. The number of alkyl halides is 3. The molecule has 1 aromatic carbocycles. The molecule has 0 spiro atoms. The second-order valence-corrected chi connectivity index (χ2v) is 7.49. The number of aromatic amines is 1. The third-order valence-corrected chi connectivity index (χ3v) is 4.94. The number of amides is 1. The number of benzene rings is 1. The smallest absolute Gasteiger partial charge is 0.344 e. The van der Waals surface area contributed by atoms with E-state index in [1.54, 1.807) is 13.0 Å². The molecule has 2 N–H and O–H groups in total. The summed E-state index contributed by atoms with van der Waals surface area (Å²) in [6, 6.07) is 7.95. The monoisotopic (exact) mass is 431 g/mol. The highest BCUT2D eigenvalue weighted by atomic mass is 19.4. The first-order chi connectivity index (χ1) is 14.5. The van der Waals surface area contributed by atoms with E-state index < -0.39 is 29.1 Å². The van der Waals surface area contributed by atoms with Crippen LogP contribution in [0.3, 0.4) is 0 Å². The highest BCUT2D eigenvalue weighted by Gasteiger charge is 2.48. The van der Waals surface area contributed by atoms with Crippen LogP contribution >= 0.6 is 0 Å². The molecule has 3 rings (SSSR count). The average Bonchev–Trinajstić information content (AvgIpc) is 2.73. The fourth-order valence-corrected chi connectivity index (χ4v) is 2.81. The molecule has 2 heterocycles. The van der Waals surface area contributed by atoms with Crippen LogP contribution < -0.4 is 10.9 Å². The fourth-order valence-electron chi connectivity index (χ4n) is 2.81. The molecular formula is C21H20F3N5O2. The Kier molecular flexibility index (Phi) is 5.92. The van der Waals surface area contributed by atoms with Crippen molar-refractivity contribution in [2.24, 2.45) is 0 Å². The van der Waals surface area contributed by atoms with Crippen molar-refractivity contribution in [1.29, 1.82) is 0 Å². The number of halogens is 3. The maximum atomic E-state index is 13.2. The van der Waals surface area contributed by atoms with Crippen LogP contribution in [0.1, 0.15) is 48.4 Å². The van der Waals surface area contributed by atoms with E-state index in [4.69, 9.17) is 0 Å². The summed E-state index contributed by atoms with van der Waals surface area (Å²) in [4.78, 5) is 39.1. The van der Waals surface area contributed by atoms with Crippen molar-refractivity contribution >= 4 is 5.91 Å². The zero-order valence-electron chi connectivity index (χ0n) is 17.0. The lowest BCUT2D eigenvalue weighted by molar-refractivity contribution is -0.180. The highest BCUT2D eigenvalue weighted by Crippen LogP contribution is 2.40. The molecule has 0 saturated carbocycles. The first kappa shape index (κ1) is 22.1. The van der Waals surface area contributed by atoms with Crippen molar-refractivity contribution < 1.29 is 18.0 Å². The van der Waals surface area contributed by atoms with Crippen molar-refractivity contribution in [3.63, 3.8) is 0 Å². The van der Waals surface area contributed by atoms with Gasteiger partial charge in [-0.25, -0.2) is 15.0 Å². The second-order valence-electron chi connectivity index (χ2n) is 7.49. The van der Waals surface area contributed by atoms with Gasteiger partial charge in [0.05, 0.1) is 11.5 Å². The van der Waals surface area contributed by atoms with Crippen LogP contribution in [-0.4, -0.2) is 32.0 Å². The van der Waals surface area contributed by atoms with E-state index in [-0.39, 0.29) is 22.9 Å². The molecule has 162 valence electrons. The Hall–Kier alpha value is -3.56. The molecule has 3 aromatic rings. The summed E-state index contributed by atoms with van der Waals surface area (Å²) in [5, 5.41) is 2.69. The zero-order valence-corrected chi connectivity index (χ0v) is 17.0. The Balaban J connectivity index is 1.78. The Labute approximate surface area is 175 Å². The lowest BCUT2D eigenvalue weighted by Crippen LogP contribution is -2.36. The third kappa shape index (κ3) is 4.79. The van der Waals surface area contributed by atoms with Crippen molar-refractivity contribution in [2.75, 3.05) is 0 Å². The largest absolute Gasteiger partial charge is 0.397 e. The van der Waals surface area contributed by atoms with Crippen molar-refractivity contribution in [3.05, 3.63) is 76.0 Å². The molecule has 0 aliphatic heterocycles. The predicted molar refractivity (Wildman–Crippen MR) is 107 cm³/mol. The van der Waals surface area contributed by atoms with Gasteiger partial charge in [0.15, 0.2) is 11.6 Å². The van der Waals surface area contributed by atoms with Crippen LogP contribution in [0.25, 0.3) is 11.6 Å². The van der Waals surface area contributed by atoms with Gasteiger partial charge >= 0.3 is 6.18 Å². The molecule has 0 aliphatic rings. The summed E-state index contributed by atoms with van der Waals surface area (Å²) < 4.78 is 39.7. The number of carbonyl (C=O) groups is 1. The number of hydrogen-bond acceptors (Lipinski definition) is 5. The number of aromatic nitrogens is 4. The first-order valence-corrected chi connectivity index (χ1v) is 9.36. The zero-order chi connectivity index (χ0) is 22.8. The molecule has 1 amide bonds. The van der Waals surface area contributed by atoms with Gasteiger partial charge in [-0.2, -0.15) is 13.2 Å². The molecule has 1 atom stereocenters. The molecule has 1 unspecified atom stereocenters. The van der Waals surface area contributed by atoms with E-state index in [1.807, 2.05) is 0 Å². The number of H-pyrrole nitrogens is 1. The minimum atomic E-state index is -4.39. The normalized spacial score (nSPS) is 13.0. The summed E-state index contributed by atoms with van der Waals surface area (Å²) in [6.07, 6.45) is -1.44. The molecule has 0 radical (unpaired) electrons. The van der Waals surface area contributed by atoms with Crippen LogP contribution in [-0.2, 0) is 5.41 Å². The van der Waals surface area contributed by atoms with E-state index in [9.17, 15) is 22.8 Å². The van der Waals surface area contributed by atoms with Crippen LogP contribution in [0.5, 0.6) is 0 Å². The molecule has 0 fully saturated rings. The number of nitrogens with one attached hydrogen (secondary N) is 2. The number of rotatable bonds is 5. The Morgan fingerprint density at radius 2 is 1.71 bits per heavy atom. The SMILES string of the molecule is CC(NC(=O)c1cc(=O)[nH]c(-c2ncccn2)n1)c1ccc(C(C)(C)C(F)(F)F)cc1. The first-order valence-electron chi connectivity index (χ1n) is 9.36. The van der Waals surface area contributed by atoms with Crippen LogP contribution in [0.2, 0.25) is 0 Å². The van der Waals surface area contributed by atoms with Gasteiger partial charge in [-0.1, -0.05) is 24.3 Å². The van der Waals surface area contributed by atoms with Gasteiger partial charge in [0.1, 0.15) is 5.69 Å². The summed E-state index contributed by atoms with van der Waals surface area (Å²) in [7, 11) is 0. The molecule has 0 aliphatic carbocycles. The predicted octanol–water partition coefficient (Wildman–Crippen LogP) is 3.56. The lowest BCUT2D eigenvalue weighted by atomic mass is 9.83. The maximum absolute atomic E-state index is 13.2. The van der Waals surface area contributed by atoms with E-state index in [2.05, 4.69) is 25.3 Å². The number of hydrogen-bond donors (Lipinski definition) is 2. The summed E-state index contributed by atoms with van der Waals surface area (Å²) >= 11 is 0. The molecule has 31 heavy (non-hydrogen) atoms. The third-order valence-electron chi connectivity index (χ3n) is 4.94. The fraction of sp³-hybridized carbons (Fsp3) is 0.286. The minimum Gasteiger partial charge on any atom is -0.344 e. The Bertz CT molecular complexity index is 1130. The van der Waals surface area contributed by atoms with Crippen LogP contribution in [0.15, 0.2) is 53.6 Å². The van der Waals surface area contributed by atoms with Gasteiger partial charge in [0.25, 0.3) is 11.5 Å². The summed E-state index contributed by atoms with van der Waals surface area (Å²) in [5.74, 6) is -0.412. The van der Waals surface area contributed by atoms with Crippen LogP contribution in [0, 0.1) is 0 Å². The van der Waals surface area contributed by atoms with Gasteiger partial charge in [-0.05, 0) is 38.0 Å².